The molecule has 0 aliphatic carbocycles. The van der Waals surface area contributed by atoms with Crippen LogP contribution in [0, 0.1) is 0 Å². The summed E-state index contributed by atoms with van der Waals surface area (Å²) in [5.41, 5.74) is 0. The fourth-order valence-corrected chi connectivity index (χ4v) is 6.27. The maximum absolute atomic E-state index is 12.7. The number of rotatable bonds is 42. The zero-order valence-corrected chi connectivity index (χ0v) is 39.1. The molecule has 0 saturated heterocycles. The number of hydrogen-bond acceptors (Lipinski definition) is 6. The van der Waals surface area contributed by atoms with Gasteiger partial charge in [-0.2, -0.15) is 0 Å². The molecule has 1 unspecified atom stereocenters. The molecule has 344 valence electrons. The van der Waals surface area contributed by atoms with Gasteiger partial charge >= 0.3 is 17.9 Å². The van der Waals surface area contributed by atoms with Gasteiger partial charge in [-0.15, -0.1) is 0 Å². The summed E-state index contributed by atoms with van der Waals surface area (Å²) < 4.78 is 16.6. The van der Waals surface area contributed by atoms with Gasteiger partial charge in [0.1, 0.15) is 13.2 Å². The smallest absolute Gasteiger partial charge is 0.309 e. The lowest BCUT2D eigenvalue weighted by molar-refractivity contribution is -0.166. The van der Waals surface area contributed by atoms with E-state index in [1.54, 1.807) is 6.08 Å². The number of carbonyl (C=O) groups excluding carboxylic acids is 3. The highest BCUT2D eigenvalue weighted by atomic mass is 16.6. The van der Waals surface area contributed by atoms with E-state index in [4.69, 9.17) is 14.2 Å². The molecule has 0 aliphatic heterocycles. The molecule has 0 radical (unpaired) electrons. The Bertz CT molecular complexity index is 1290. The lowest BCUT2D eigenvalue weighted by Crippen LogP contribution is -2.30. The molecule has 0 fully saturated rings. The number of unbranched alkanes of at least 4 members (excludes halogenated alkanes) is 18. The third kappa shape index (κ3) is 47.0. The van der Waals surface area contributed by atoms with Crippen LogP contribution in [0.1, 0.15) is 201 Å². The van der Waals surface area contributed by atoms with Crippen LogP contribution in [0.25, 0.3) is 0 Å². The molecule has 0 heterocycles. The van der Waals surface area contributed by atoms with Gasteiger partial charge in [-0.1, -0.05) is 214 Å². The van der Waals surface area contributed by atoms with Crippen LogP contribution in [0.15, 0.2) is 109 Å². The summed E-state index contributed by atoms with van der Waals surface area (Å²) in [5.74, 6) is -1.08. The van der Waals surface area contributed by atoms with Crippen molar-refractivity contribution in [3.05, 3.63) is 109 Å². The van der Waals surface area contributed by atoms with E-state index in [9.17, 15) is 14.4 Å². The Kier molecular flexibility index (Phi) is 45.6. The molecule has 0 amide bonds. The van der Waals surface area contributed by atoms with Crippen LogP contribution in [-0.4, -0.2) is 37.2 Å². The van der Waals surface area contributed by atoms with Crippen molar-refractivity contribution in [3.63, 3.8) is 0 Å². The third-order valence-corrected chi connectivity index (χ3v) is 9.90. The lowest BCUT2D eigenvalue weighted by atomic mass is 10.1. The molecule has 0 aromatic rings. The van der Waals surface area contributed by atoms with Crippen molar-refractivity contribution < 1.29 is 28.6 Å². The molecule has 0 bridgehead atoms. The molecule has 0 spiro atoms. The van der Waals surface area contributed by atoms with E-state index < -0.39 is 12.1 Å². The van der Waals surface area contributed by atoms with Gasteiger partial charge < -0.3 is 14.2 Å². The fraction of sp³-hybridized carbons (Fsp3) is 0.618. The molecule has 0 N–H and O–H groups in total. The molecule has 6 nitrogen and oxygen atoms in total. The minimum absolute atomic E-state index is 0.119. The molecule has 0 saturated carbocycles. The Morgan fingerprint density at radius 1 is 0.377 bits per heavy atom. The Morgan fingerprint density at radius 2 is 0.770 bits per heavy atom. The molecule has 0 aromatic heterocycles. The largest absolute Gasteiger partial charge is 0.462 e. The fourth-order valence-electron chi connectivity index (χ4n) is 6.27. The molecular formula is C55H88O6. The SMILES string of the molecule is CC\C=C/C=C\C=C/C=C\CCCCCCCC(=O)OC(COC(=O)C/C=C\C/C=C\C/C=C\CC)COC(=O)CCCCCCCCCCCC/C=C\C=C/CCCCC. The molecule has 0 aliphatic rings. The summed E-state index contributed by atoms with van der Waals surface area (Å²) in [6, 6.07) is 0. The summed E-state index contributed by atoms with van der Waals surface area (Å²) in [5, 5.41) is 0. The first-order chi connectivity index (χ1) is 30.0. The monoisotopic (exact) mass is 845 g/mol. The Labute approximate surface area is 374 Å². The number of ether oxygens (including phenoxy) is 3. The van der Waals surface area contributed by atoms with Gasteiger partial charge in [0.25, 0.3) is 0 Å². The third-order valence-electron chi connectivity index (χ3n) is 9.90. The normalized spacial score (nSPS) is 13.0. The van der Waals surface area contributed by atoms with Crippen molar-refractivity contribution in [2.24, 2.45) is 0 Å². The summed E-state index contributed by atoms with van der Waals surface area (Å²) in [4.78, 5) is 37.8. The zero-order valence-electron chi connectivity index (χ0n) is 39.1. The van der Waals surface area contributed by atoms with Crippen LogP contribution in [-0.2, 0) is 28.6 Å². The van der Waals surface area contributed by atoms with E-state index in [0.717, 1.165) is 83.5 Å². The summed E-state index contributed by atoms with van der Waals surface area (Å²) >= 11 is 0. The predicted molar refractivity (Wildman–Crippen MR) is 260 cm³/mol. The van der Waals surface area contributed by atoms with Crippen LogP contribution in [0.4, 0.5) is 0 Å². The number of carbonyl (C=O) groups is 3. The maximum Gasteiger partial charge on any atom is 0.309 e. The van der Waals surface area contributed by atoms with Gasteiger partial charge in [0, 0.05) is 12.8 Å². The molecule has 0 aromatic carbocycles. The van der Waals surface area contributed by atoms with E-state index in [1.165, 1.54) is 77.0 Å². The Balaban J connectivity index is 4.42. The maximum atomic E-state index is 12.7. The minimum Gasteiger partial charge on any atom is -0.462 e. The highest BCUT2D eigenvalue weighted by molar-refractivity contribution is 5.72. The van der Waals surface area contributed by atoms with Gasteiger partial charge in [-0.3, -0.25) is 14.4 Å². The average Bonchev–Trinajstić information content (AvgIpc) is 3.26. The first-order valence-corrected chi connectivity index (χ1v) is 24.5. The lowest BCUT2D eigenvalue weighted by Gasteiger charge is -2.18. The van der Waals surface area contributed by atoms with Crippen molar-refractivity contribution in [1.29, 1.82) is 0 Å². The Morgan fingerprint density at radius 3 is 1.30 bits per heavy atom. The van der Waals surface area contributed by atoms with Crippen LogP contribution >= 0.6 is 0 Å². The van der Waals surface area contributed by atoms with Gasteiger partial charge in [-0.05, 0) is 77.0 Å². The van der Waals surface area contributed by atoms with Crippen LogP contribution in [0.2, 0.25) is 0 Å². The first-order valence-electron chi connectivity index (χ1n) is 24.5. The number of esters is 3. The standard InChI is InChI=1S/C55H88O6/c1-4-7-10-13-16-19-21-23-25-26-27-28-30-31-33-36-39-42-45-48-54(57)60-51-52(50-59-53(56)47-44-41-38-35-18-15-12-9-6-3)61-55(58)49-46-43-40-37-34-32-29-24-22-20-17-14-11-8-5-2/h8-9,11-12,14,16-24,29,35,41,44,52H,4-7,10,13,15,25-28,30-34,36-40,42-43,45-51H2,1-3H3/b11-8-,12-9-,17-14-,19-16-,22-20-,23-21-,29-24-,35-18-,44-41-. The van der Waals surface area contributed by atoms with Crippen LogP contribution < -0.4 is 0 Å². The van der Waals surface area contributed by atoms with E-state index >= 15 is 0 Å². The van der Waals surface area contributed by atoms with Crippen LogP contribution in [0.5, 0.6) is 0 Å². The van der Waals surface area contributed by atoms with E-state index in [2.05, 4.69) is 93.7 Å². The molecule has 61 heavy (non-hydrogen) atoms. The van der Waals surface area contributed by atoms with Gasteiger partial charge in [0.2, 0.25) is 0 Å². The van der Waals surface area contributed by atoms with Gasteiger partial charge in [0.15, 0.2) is 6.10 Å². The number of allylic oxidation sites excluding steroid dienone is 17. The molecule has 6 heteroatoms. The summed E-state index contributed by atoms with van der Waals surface area (Å²) in [6.45, 7) is 6.21. The summed E-state index contributed by atoms with van der Waals surface area (Å²) in [7, 11) is 0. The molecule has 0 rings (SSSR count). The average molecular weight is 845 g/mol. The predicted octanol–water partition coefficient (Wildman–Crippen LogP) is 16.0. The number of hydrogen-bond donors (Lipinski definition) is 0. The minimum atomic E-state index is -0.827. The van der Waals surface area contributed by atoms with Gasteiger partial charge in [-0.25, -0.2) is 0 Å². The molecule has 1 atom stereocenters. The Hall–Kier alpha value is -3.93. The quantitative estimate of drug-likeness (QED) is 0.0200. The van der Waals surface area contributed by atoms with Crippen molar-refractivity contribution in [3.8, 4) is 0 Å². The highest BCUT2D eigenvalue weighted by Gasteiger charge is 2.19. The molecular weight excluding hydrogens is 757 g/mol. The van der Waals surface area contributed by atoms with Gasteiger partial charge in [0.05, 0.1) is 6.42 Å². The second-order valence-electron chi connectivity index (χ2n) is 15.7. The summed E-state index contributed by atoms with van der Waals surface area (Å²) in [6.07, 6.45) is 65.3. The van der Waals surface area contributed by atoms with Crippen molar-refractivity contribution >= 4 is 17.9 Å². The van der Waals surface area contributed by atoms with Crippen molar-refractivity contribution in [2.45, 2.75) is 207 Å². The van der Waals surface area contributed by atoms with Crippen molar-refractivity contribution in [2.75, 3.05) is 13.2 Å². The van der Waals surface area contributed by atoms with E-state index in [1.807, 2.05) is 30.4 Å². The first kappa shape index (κ1) is 57.1. The highest BCUT2D eigenvalue weighted by Crippen LogP contribution is 2.14. The second kappa shape index (κ2) is 48.7. The van der Waals surface area contributed by atoms with E-state index in [-0.39, 0.29) is 38.0 Å². The zero-order chi connectivity index (χ0) is 44.4. The van der Waals surface area contributed by atoms with Crippen molar-refractivity contribution in [1.82, 2.24) is 0 Å². The van der Waals surface area contributed by atoms with E-state index in [0.29, 0.717) is 6.42 Å². The topological polar surface area (TPSA) is 78.9 Å². The second-order valence-corrected chi connectivity index (χ2v) is 15.7. The van der Waals surface area contributed by atoms with Crippen LogP contribution in [0.3, 0.4) is 0 Å².